The average molecular weight is 1150 g/mol. The second-order valence-corrected chi connectivity index (χ2v) is 25.3. The first-order valence-electron chi connectivity index (χ1n) is 33.8. The fraction of sp³-hybridized carbons (Fsp3) is 0.736. The van der Waals surface area contributed by atoms with E-state index in [-0.39, 0.29) is 19.1 Å². The summed E-state index contributed by atoms with van der Waals surface area (Å²) >= 11 is 0. The molecule has 1 amide bonds. The molecule has 0 radical (unpaired) electrons. The number of likely N-dealkylation sites (N-methyl/N-ethyl adjacent to an activating group) is 1. The Morgan fingerprint density at radius 2 is 0.753 bits per heavy atom. The van der Waals surface area contributed by atoms with E-state index in [1.54, 1.807) is 6.08 Å². The van der Waals surface area contributed by atoms with E-state index < -0.39 is 20.0 Å². The number of aliphatic hydroxyl groups excluding tert-OH is 1. The predicted octanol–water partition coefficient (Wildman–Crippen LogP) is 21.5. The topological polar surface area (TPSA) is 105 Å². The minimum absolute atomic E-state index is 0.0541. The zero-order valence-corrected chi connectivity index (χ0v) is 54.4. The van der Waals surface area contributed by atoms with Crippen LogP contribution in [0.5, 0.6) is 0 Å². The lowest BCUT2D eigenvalue weighted by molar-refractivity contribution is -0.870. The van der Waals surface area contributed by atoms with E-state index in [2.05, 4.69) is 116 Å². The Labute approximate surface area is 501 Å². The van der Waals surface area contributed by atoms with Gasteiger partial charge in [-0.2, -0.15) is 0 Å². The normalized spacial score (nSPS) is 14.4. The second kappa shape index (κ2) is 61.7. The molecule has 468 valence electrons. The molecule has 8 nitrogen and oxygen atoms in total. The molecule has 0 aliphatic carbocycles. The molecule has 0 aromatic heterocycles. The Morgan fingerprint density at radius 1 is 0.432 bits per heavy atom. The molecular weight excluding hydrogens is 1020 g/mol. The Kier molecular flexibility index (Phi) is 59.5. The maximum Gasteiger partial charge on any atom is 0.472 e. The van der Waals surface area contributed by atoms with Crippen molar-refractivity contribution in [3.63, 3.8) is 0 Å². The summed E-state index contributed by atoms with van der Waals surface area (Å²) in [5.41, 5.74) is 0. The van der Waals surface area contributed by atoms with Crippen molar-refractivity contribution >= 4 is 13.7 Å². The van der Waals surface area contributed by atoms with Crippen molar-refractivity contribution in [2.24, 2.45) is 0 Å². The molecule has 0 aliphatic rings. The van der Waals surface area contributed by atoms with E-state index in [4.69, 9.17) is 9.05 Å². The summed E-state index contributed by atoms with van der Waals surface area (Å²) in [4.78, 5) is 23.4. The predicted molar refractivity (Wildman–Crippen MR) is 355 cm³/mol. The number of unbranched alkanes of at least 4 members (excludes halogenated alkanes) is 32. The molecule has 0 saturated heterocycles. The van der Waals surface area contributed by atoms with Crippen LogP contribution in [-0.4, -0.2) is 73.4 Å². The van der Waals surface area contributed by atoms with E-state index in [0.717, 1.165) is 83.5 Å². The smallest absolute Gasteiger partial charge is 0.387 e. The number of nitrogens with zero attached hydrogens (tertiary/aromatic N) is 1. The first-order chi connectivity index (χ1) is 39.5. The summed E-state index contributed by atoms with van der Waals surface area (Å²) in [5.74, 6) is -0.186. The largest absolute Gasteiger partial charge is 0.472 e. The molecule has 0 fully saturated rings. The maximum atomic E-state index is 13.0. The Hall–Kier alpha value is -2.84. The van der Waals surface area contributed by atoms with Crippen LogP contribution in [0.2, 0.25) is 0 Å². The van der Waals surface area contributed by atoms with Crippen molar-refractivity contribution in [3.05, 3.63) is 109 Å². The SMILES string of the molecule is CC/C=C\C/C=C\C/C=C\C/C=C\C/C=C\C/C=C\C/C=C\CCCCCCCCCCCCCCCCCCCCCC(=O)NC(COP(=O)(O)OCC[N+](C)(C)C)C(O)/C=C/CC/C=C/CCCCCCCCCCCCCC. The Morgan fingerprint density at radius 3 is 1.14 bits per heavy atom. The number of carbonyl (C=O) groups excluding carboxylic acids is 1. The van der Waals surface area contributed by atoms with Gasteiger partial charge in [0.1, 0.15) is 13.2 Å². The number of nitrogens with one attached hydrogen (secondary N) is 1. The number of rotatable bonds is 61. The average Bonchev–Trinajstić information content (AvgIpc) is 3.43. The van der Waals surface area contributed by atoms with Gasteiger partial charge in [0, 0.05) is 6.42 Å². The molecule has 9 heteroatoms. The van der Waals surface area contributed by atoms with Crippen molar-refractivity contribution in [3.8, 4) is 0 Å². The fourth-order valence-corrected chi connectivity index (χ4v) is 10.2. The van der Waals surface area contributed by atoms with Gasteiger partial charge in [-0.3, -0.25) is 13.8 Å². The van der Waals surface area contributed by atoms with E-state index in [1.165, 1.54) is 186 Å². The van der Waals surface area contributed by atoms with Gasteiger partial charge >= 0.3 is 7.82 Å². The minimum atomic E-state index is -4.36. The third-order valence-electron chi connectivity index (χ3n) is 14.7. The standard InChI is InChI=1S/C72H129N2O6P/c1-6-8-10-12-14-16-18-20-22-24-26-27-28-29-30-31-32-33-34-35-36-37-38-39-40-41-42-43-44-45-46-47-48-50-52-54-56-58-60-62-64-66-72(76)73-70(69-80-81(77,78)79-68-67-74(3,4)5)71(75)65-63-61-59-57-55-53-51-49-25-23-21-19-17-15-13-11-9-7-2/h8,10,14,16,20,22,26-27,29-30,32-33,35-36,55,57,63,65,70-71,75H,6-7,9,11-13,15,17-19,21,23-25,28,31,34,37-54,56,58-62,64,66-69H2,1-5H3,(H-,73,76,77,78)/p+1/b10-8-,16-14-,22-20-,27-26-,30-29-,33-32-,36-35-,57-55+,65-63+. The van der Waals surface area contributed by atoms with Crippen LogP contribution in [0.3, 0.4) is 0 Å². The van der Waals surface area contributed by atoms with Crippen LogP contribution >= 0.6 is 7.82 Å². The van der Waals surface area contributed by atoms with Crippen molar-refractivity contribution in [1.29, 1.82) is 0 Å². The highest BCUT2D eigenvalue weighted by Crippen LogP contribution is 2.43. The van der Waals surface area contributed by atoms with Crippen LogP contribution in [-0.2, 0) is 18.4 Å². The molecule has 0 aromatic rings. The molecule has 3 unspecified atom stereocenters. The highest BCUT2D eigenvalue weighted by molar-refractivity contribution is 7.47. The summed E-state index contributed by atoms with van der Waals surface area (Å²) in [5, 5.41) is 13.9. The van der Waals surface area contributed by atoms with Crippen molar-refractivity contribution in [1.82, 2.24) is 5.32 Å². The number of quaternary nitrogens is 1. The third kappa shape index (κ3) is 64.6. The summed E-state index contributed by atoms with van der Waals surface area (Å²) in [6.45, 7) is 4.70. The zero-order chi connectivity index (χ0) is 59.1. The molecule has 3 N–H and O–H groups in total. The number of phosphoric ester groups is 1. The lowest BCUT2D eigenvalue weighted by atomic mass is 10.0. The van der Waals surface area contributed by atoms with Crippen LogP contribution in [0.25, 0.3) is 0 Å². The summed E-state index contributed by atoms with van der Waals surface area (Å²) in [6, 6.07) is -0.868. The molecule has 0 aliphatic heterocycles. The van der Waals surface area contributed by atoms with Crippen molar-refractivity contribution < 1.29 is 32.9 Å². The van der Waals surface area contributed by atoms with E-state index in [0.29, 0.717) is 17.4 Å². The molecular formula is C72H130N2O6P+. The molecule has 0 spiro atoms. The summed E-state index contributed by atoms with van der Waals surface area (Å²) in [7, 11) is 1.56. The van der Waals surface area contributed by atoms with Crippen LogP contribution in [0.15, 0.2) is 109 Å². The maximum absolute atomic E-state index is 13.0. The van der Waals surface area contributed by atoms with Gasteiger partial charge in [-0.05, 0) is 89.9 Å². The van der Waals surface area contributed by atoms with Gasteiger partial charge < -0.3 is 19.8 Å². The number of amides is 1. The van der Waals surface area contributed by atoms with Gasteiger partial charge in [0.05, 0.1) is 39.9 Å². The molecule has 0 aromatic carbocycles. The number of aliphatic hydroxyl groups is 1. The Balaban J connectivity index is 4.00. The highest BCUT2D eigenvalue weighted by Gasteiger charge is 2.28. The second-order valence-electron chi connectivity index (χ2n) is 23.8. The fourth-order valence-electron chi connectivity index (χ4n) is 9.51. The number of allylic oxidation sites excluding steroid dienone is 17. The van der Waals surface area contributed by atoms with E-state index in [9.17, 15) is 19.4 Å². The van der Waals surface area contributed by atoms with Gasteiger partial charge in [0.15, 0.2) is 0 Å². The van der Waals surface area contributed by atoms with Gasteiger partial charge in [-0.25, -0.2) is 4.57 Å². The van der Waals surface area contributed by atoms with Gasteiger partial charge in [-0.1, -0.05) is 303 Å². The molecule has 0 rings (SSSR count). The number of hydrogen-bond donors (Lipinski definition) is 3. The number of phosphoric acid groups is 1. The van der Waals surface area contributed by atoms with Crippen LogP contribution in [0, 0.1) is 0 Å². The summed E-state index contributed by atoms with van der Waals surface area (Å²) in [6.07, 6.45) is 90.9. The van der Waals surface area contributed by atoms with Crippen molar-refractivity contribution in [2.45, 2.75) is 302 Å². The van der Waals surface area contributed by atoms with Gasteiger partial charge in [0.2, 0.25) is 5.91 Å². The Bertz CT molecular complexity index is 1690. The quantitative estimate of drug-likeness (QED) is 0.0243. The van der Waals surface area contributed by atoms with Crippen LogP contribution < -0.4 is 5.32 Å². The number of hydrogen-bond acceptors (Lipinski definition) is 5. The monoisotopic (exact) mass is 1150 g/mol. The molecule has 0 saturated carbocycles. The van der Waals surface area contributed by atoms with Crippen molar-refractivity contribution in [2.75, 3.05) is 40.9 Å². The molecule has 81 heavy (non-hydrogen) atoms. The van der Waals surface area contributed by atoms with Gasteiger partial charge in [-0.15, -0.1) is 0 Å². The first-order valence-corrected chi connectivity index (χ1v) is 35.3. The lowest BCUT2D eigenvalue weighted by Gasteiger charge is -2.25. The first kappa shape index (κ1) is 78.2. The van der Waals surface area contributed by atoms with Crippen LogP contribution in [0.1, 0.15) is 290 Å². The lowest BCUT2D eigenvalue weighted by Crippen LogP contribution is -2.45. The van der Waals surface area contributed by atoms with E-state index in [1.807, 2.05) is 27.2 Å². The molecule has 0 bridgehead atoms. The number of carbonyl (C=O) groups is 1. The third-order valence-corrected chi connectivity index (χ3v) is 15.7. The zero-order valence-electron chi connectivity index (χ0n) is 53.5. The summed E-state index contributed by atoms with van der Waals surface area (Å²) < 4.78 is 23.7. The van der Waals surface area contributed by atoms with Gasteiger partial charge in [0.25, 0.3) is 0 Å². The molecule has 3 atom stereocenters. The van der Waals surface area contributed by atoms with Crippen LogP contribution in [0.4, 0.5) is 0 Å². The van der Waals surface area contributed by atoms with E-state index >= 15 is 0 Å². The molecule has 0 heterocycles. The highest BCUT2D eigenvalue weighted by atomic mass is 31.2. The minimum Gasteiger partial charge on any atom is -0.387 e.